The molecule has 0 saturated heterocycles. The first-order valence-corrected chi connectivity index (χ1v) is 6.39. The Bertz CT molecular complexity index is 714. The Balaban J connectivity index is 2.02. The Morgan fingerprint density at radius 2 is 1.90 bits per heavy atom. The molecule has 6 heteroatoms. The summed E-state index contributed by atoms with van der Waals surface area (Å²) in [7, 11) is 0. The van der Waals surface area contributed by atoms with Gasteiger partial charge in [-0.25, -0.2) is 4.68 Å². The molecule has 0 saturated carbocycles. The molecule has 0 radical (unpaired) electrons. The molecule has 0 atom stereocenters. The van der Waals surface area contributed by atoms with E-state index in [1.807, 2.05) is 44.2 Å². The van der Waals surface area contributed by atoms with Gasteiger partial charge in [0.15, 0.2) is 0 Å². The van der Waals surface area contributed by atoms with Crippen molar-refractivity contribution < 1.29 is 4.42 Å². The SMILES string of the molecule is CC(C)c1nnc(-c2cnn(-c3ccccc3)c2N)o1. The normalized spacial score (nSPS) is 11.2. The summed E-state index contributed by atoms with van der Waals surface area (Å²) in [4.78, 5) is 0. The monoisotopic (exact) mass is 269 g/mol. The van der Waals surface area contributed by atoms with Gasteiger partial charge >= 0.3 is 0 Å². The van der Waals surface area contributed by atoms with Gasteiger partial charge in [-0.15, -0.1) is 10.2 Å². The van der Waals surface area contributed by atoms with Gasteiger partial charge in [0.05, 0.1) is 11.9 Å². The molecule has 3 rings (SSSR count). The Labute approximate surface area is 116 Å². The zero-order valence-electron chi connectivity index (χ0n) is 11.3. The summed E-state index contributed by atoms with van der Waals surface area (Å²) in [5, 5.41) is 12.3. The van der Waals surface area contributed by atoms with Crippen LogP contribution in [0.4, 0.5) is 5.82 Å². The van der Waals surface area contributed by atoms with Gasteiger partial charge in [-0.1, -0.05) is 32.0 Å². The van der Waals surface area contributed by atoms with Gasteiger partial charge < -0.3 is 10.2 Å². The van der Waals surface area contributed by atoms with Crippen LogP contribution >= 0.6 is 0 Å². The van der Waals surface area contributed by atoms with E-state index in [4.69, 9.17) is 10.2 Å². The Kier molecular flexibility index (Phi) is 2.98. The minimum absolute atomic E-state index is 0.182. The molecule has 0 aliphatic carbocycles. The quantitative estimate of drug-likeness (QED) is 0.790. The average Bonchev–Trinajstić information content (AvgIpc) is 3.06. The highest BCUT2D eigenvalue weighted by Gasteiger charge is 2.17. The molecule has 0 bridgehead atoms. The first-order valence-electron chi connectivity index (χ1n) is 6.39. The molecule has 6 nitrogen and oxygen atoms in total. The van der Waals surface area contributed by atoms with Gasteiger partial charge in [-0.05, 0) is 12.1 Å². The lowest BCUT2D eigenvalue weighted by atomic mass is 10.2. The Morgan fingerprint density at radius 3 is 2.55 bits per heavy atom. The Hall–Kier alpha value is -2.63. The number of rotatable bonds is 3. The molecule has 1 aromatic carbocycles. The predicted molar refractivity (Wildman–Crippen MR) is 75.4 cm³/mol. The van der Waals surface area contributed by atoms with Crippen molar-refractivity contribution in [2.75, 3.05) is 5.73 Å². The molecule has 0 spiro atoms. The highest BCUT2D eigenvalue weighted by molar-refractivity contribution is 5.68. The van der Waals surface area contributed by atoms with Crippen molar-refractivity contribution in [1.29, 1.82) is 0 Å². The zero-order chi connectivity index (χ0) is 14.1. The highest BCUT2D eigenvalue weighted by Crippen LogP contribution is 2.27. The molecule has 0 aliphatic heterocycles. The van der Waals surface area contributed by atoms with Crippen LogP contribution in [-0.4, -0.2) is 20.0 Å². The average molecular weight is 269 g/mol. The molecule has 2 aromatic heterocycles. The molecule has 0 aliphatic rings. The second-order valence-electron chi connectivity index (χ2n) is 4.79. The molecule has 2 heterocycles. The van der Waals surface area contributed by atoms with Gasteiger partial charge in [0.25, 0.3) is 5.89 Å². The lowest BCUT2D eigenvalue weighted by molar-refractivity contribution is 0.481. The second kappa shape index (κ2) is 4.80. The van der Waals surface area contributed by atoms with Crippen molar-refractivity contribution in [2.24, 2.45) is 0 Å². The van der Waals surface area contributed by atoms with Crippen LogP contribution in [0.3, 0.4) is 0 Å². The fraction of sp³-hybridized carbons (Fsp3) is 0.214. The molecular weight excluding hydrogens is 254 g/mol. The van der Waals surface area contributed by atoms with E-state index in [1.54, 1.807) is 10.9 Å². The number of para-hydroxylation sites is 1. The summed E-state index contributed by atoms with van der Waals surface area (Å²) in [5.74, 6) is 1.65. The van der Waals surface area contributed by atoms with Gasteiger partial charge in [0, 0.05) is 5.92 Å². The summed E-state index contributed by atoms with van der Waals surface area (Å²) in [6, 6.07) is 9.66. The molecule has 0 fully saturated rings. The summed E-state index contributed by atoms with van der Waals surface area (Å²) >= 11 is 0. The topological polar surface area (TPSA) is 82.8 Å². The van der Waals surface area contributed by atoms with Crippen LogP contribution in [0.25, 0.3) is 17.1 Å². The van der Waals surface area contributed by atoms with Crippen molar-refractivity contribution in [2.45, 2.75) is 19.8 Å². The van der Waals surface area contributed by atoms with E-state index in [9.17, 15) is 0 Å². The van der Waals surface area contributed by atoms with E-state index in [0.717, 1.165) is 5.69 Å². The molecule has 0 unspecified atom stereocenters. The van der Waals surface area contributed by atoms with E-state index in [1.165, 1.54) is 0 Å². The first kappa shape index (κ1) is 12.4. The fourth-order valence-corrected chi connectivity index (χ4v) is 1.87. The third kappa shape index (κ3) is 2.05. The van der Waals surface area contributed by atoms with Crippen molar-refractivity contribution >= 4 is 5.82 Å². The molecule has 102 valence electrons. The fourth-order valence-electron chi connectivity index (χ4n) is 1.87. The lowest BCUT2D eigenvalue weighted by Gasteiger charge is -2.03. The van der Waals surface area contributed by atoms with Crippen LogP contribution < -0.4 is 5.73 Å². The van der Waals surface area contributed by atoms with Crippen molar-refractivity contribution in [3.8, 4) is 17.1 Å². The number of hydrogen-bond donors (Lipinski definition) is 1. The third-order valence-electron chi connectivity index (χ3n) is 2.97. The second-order valence-corrected chi connectivity index (χ2v) is 4.79. The first-order chi connectivity index (χ1) is 9.66. The third-order valence-corrected chi connectivity index (χ3v) is 2.97. The van der Waals surface area contributed by atoms with E-state index >= 15 is 0 Å². The zero-order valence-corrected chi connectivity index (χ0v) is 11.3. The molecular formula is C14H15N5O. The van der Waals surface area contributed by atoms with Gasteiger partial charge in [0.1, 0.15) is 11.4 Å². The number of benzene rings is 1. The van der Waals surface area contributed by atoms with E-state index in [2.05, 4.69) is 15.3 Å². The minimum atomic E-state index is 0.182. The number of aromatic nitrogens is 4. The van der Waals surface area contributed by atoms with Gasteiger partial charge in [-0.2, -0.15) is 5.10 Å². The number of anilines is 1. The maximum atomic E-state index is 6.13. The number of nitrogens with zero attached hydrogens (tertiary/aromatic N) is 4. The van der Waals surface area contributed by atoms with Crippen molar-refractivity contribution in [3.63, 3.8) is 0 Å². The summed E-state index contributed by atoms with van der Waals surface area (Å²) in [5.41, 5.74) is 7.66. The lowest BCUT2D eigenvalue weighted by Crippen LogP contribution is -2.01. The standard InChI is InChI=1S/C14H15N5O/c1-9(2)13-17-18-14(20-13)11-8-16-19(12(11)15)10-6-4-3-5-7-10/h3-9H,15H2,1-2H3. The van der Waals surface area contributed by atoms with E-state index < -0.39 is 0 Å². The summed E-state index contributed by atoms with van der Waals surface area (Å²) in [6.45, 7) is 3.99. The maximum absolute atomic E-state index is 6.13. The van der Waals surface area contributed by atoms with E-state index in [0.29, 0.717) is 23.2 Å². The molecule has 20 heavy (non-hydrogen) atoms. The highest BCUT2D eigenvalue weighted by atomic mass is 16.4. The van der Waals surface area contributed by atoms with Crippen LogP contribution in [0.15, 0.2) is 40.9 Å². The number of nitrogens with two attached hydrogens (primary N) is 1. The van der Waals surface area contributed by atoms with Crippen LogP contribution in [0.5, 0.6) is 0 Å². The molecule has 0 amide bonds. The van der Waals surface area contributed by atoms with Crippen LogP contribution in [0.2, 0.25) is 0 Å². The minimum Gasteiger partial charge on any atom is -0.420 e. The maximum Gasteiger partial charge on any atom is 0.253 e. The van der Waals surface area contributed by atoms with Gasteiger partial charge in [0.2, 0.25) is 5.89 Å². The molecule has 2 N–H and O–H groups in total. The number of nitrogen functional groups attached to an aromatic ring is 1. The van der Waals surface area contributed by atoms with Gasteiger partial charge in [-0.3, -0.25) is 0 Å². The largest absolute Gasteiger partial charge is 0.420 e. The smallest absolute Gasteiger partial charge is 0.253 e. The van der Waals surface area contributed by atoms with Crippen molar-refractivity contribution in [1.82, 2.24) is 20.0 Å². The predicted octanol–water partition coefficient (Wildman–Crippen LogP) is 2.63. The summed E-state index contributed by atoms with van der Waals surface area (Å²) in [6.07, 6.45) is 1.64. The van der Waals surface area contributed by atoms with Crippen LogP contribution in [0.1, 0.15) is 25.7 Å². The summed E-state index contributed by atoms with van der Waals surface area (Å²) < 4.78 is 7.25. The van der Waals surface area contributed by atoms with Crippen molar-refractivity contribution in [3.05, 3.63) is 42.4 Å². The Morgan fingerprint density at radius 1 is 1.15 bits per heavy atom. The molecule has 3 aromatic rings. The number of hydrogen-bond acceptors (Lipinski definition) is 5. The van der Waals surface area contributed by atoms with Crippen LogP contribution in [-0.2, 0) is 0 Å². The van der Waals surface area contributed by atoms with E-state index in [-0.39, 0.29) is 5.92 Å². The van der Waals surface area contributed by atoms with Crippen LogP contribution in [0, 0.1) is 0 Å².